The average Bonchev–Trinajstić information content (AvgIpc) is 2.67. The van der Waals surface area contributed by atoms with E-state index in [9.17, 15) is 10.2 Å². The van der Waals surface area contributed by atoms with Crippen LogP contribution >= 0.6 is 11.8 Å². The van der Waals surface area contributed by atoms with Gasteiger partial charge in [0.2, 0.25) is 0 Å². The number of ether oxygens (including phenoxy) is 1. The van der Waals surface area contributed by atoms with Gasteiger partial charge in [-0.2, -0.15) is 0 Å². The van der Waals surface area contributed by atoms with Crippen LogP contribution in [0, 0.1) is 0 Å². The molecule has 0 aromatic heterocycles. The summed E-state index contributed by atoms with van der Waals surface area (Å²) in [6.45, 7) is 2.93. The van der Waals surface area contributed by atoms with Crippen LogP contribution in [0.15, 0.2) is 4.99 Å². The first-order valence-corrected chi connectivity index (χ1v) is 6.25. The fourth-order valence-electron chi connectivity index (χ4n) is 1.86. The van der Waals surface area contributed by atoms with E-state index in [1.165, 1.54) is 11.8 Å². The molecule has 2 aliphatic rings. The number of hydrogen-bond acceptors (Lipinski definition) is 7. The molecule has 7 heteroatoms. The van der Waals surface area contributed by atoms with E-state index in [0.29, 0.717) is 0 Å². The molecule has 16 heavy (non-hydrogen) atoms. The van der Waals surface area contributed by atoms with Crippen LogP contribution in [0.1, 0.15) is 6.92 Å². The highest BCUT2D eigenvalue weighted by atomic mass is 32.2. The van der Waals surface area contributed by atoms with Crippen LogP contribution in [0.25, 0.3) is 0 Å². The summed E-state index contributed by atoms with van der Waals surface area (Å²) in [5.74, 6) is 0. The molecule has 0 bridgehead atoms. The first-order valence-electron chi connectivity index (χ1n) is 5.37. The minimum atomic E-state index is -0.962. The molecule has 0 saturated carbocycles. The minimum Gasteiger partial charge on any atom is -0.388 e. The van der Waals surface area contributed by atoms with Gasteiger partial charge in [0.25, 0.3) is 0 Å². The third-order valence-corrected chi connectivity index (χ3v) is 3.82. The second kappa shape index (κ2) is 4.89. The molecule has 5 atom stereocenters. The summed E-state index contributed by atoms with van der Waals surface area (Å²) in [6.07, 6.45) is -2.38. The van der Waals surface area contributed by atoms with Crippen molar-refractivity contribution in [2.24, 2.45) is 10.7 Å². The molecule has 6 nitrogen and oxygen atoms in total. The monoisotopic (exact) mass is 247 g/mol. The van der Waals surface area contributed by atoms with Crippen LogP contribution in [0.3, 0.4) is 0 Å². The van der Waals surface area contributed by atoms with Crippen LogP contribution in [0.5, 0.6) is 0 Å². The maximum Gasteiger partial charge on any atom is 0.159 e. The van der Waals surface area contributed by atoms with Crippen molar-refractivity contribution in [1.29, 1.82) is 0 Å². The second-order valence-electron chi connectivity index (χ2n) is 3.83. The van der Waals surface area contributed by atoms with Crippen molar-refractivity contribution in [2.45, 2.75) is 36.7 Å². The Morgan fingerprint density at radius 1 is 1.50 bits per heavy atom. The van der Waals surface area contributed by atoms with Gasteiger partial charge in [-0.1, -0.05) is 11.8 Å². The van der Waals surface area contributed by atoms with Crippen molar-refractivity contribution in [3.63, 3.8) is 0 Å². The largest absolute Gasteiger partial charge is 0.388 e. The fraction of sp³-hybridized carbons (Fsp3) is 0.889. The molecule has 2 heterocycles. The van der Waals surface area contributed by atoms with Crippen molar-refractivity contribution in [3.05, 3.63) is 0 Å². The number of fused-ring (bicyclic) bond motifs is 1. The van der Waals surface area contributed by atoms with Crippen LogP contribution in [0.4, 0.5) is 0 Å². The topological polar surface area (TPSA) is 100 Å². The molecule has 0 radical (unpaired) electrons. The number of hydrogen-bond donors (Lipinski definition) is 4. The highest BCUT2D eigenvalue weighted by Gasteiger charge is 2.47. The Balaban J connectivity index is 2.08. The average molecular weight is 247 g/mol. The van der Waals surface area contributed by atoms with Crippen molar-refractivity contribution in [2.75, 3.05) is 13.1 Å². The van der Waals surface area contributed by atoms with Crippen molar-refractivity contribution in [1.82, 2.24) is 5.32 Å². The lowest BCUT2D eigenvalue weighted by Gasteiger charge is -2.37. The summed E-state index contributed by atoms with van der Waals surface area (Å²) < 4.78 is 5.59. The molecule has 0 aromatic rings. The van der Waals surface area contributed by atoms with Crippen LogP contribution in [-0.2, 0) is 4.74 Å². The van der Waals surface area contributed by atoms with Gasteiger partial charge in [-0.3, -0.25) is 4.99 Å². The quantitative estimate of drug-likeness (QED) is 0.472. The van der Waals surface area contributed by atoms with Gasteiger partial charge in [0.15, 0.2) is 5.17 Å². The van der Waals surface area contributed by atoms with E-state index in [1.807, 2.05) is 6.92 Å². The molecule has 2 rings (SSSR count). The summed E-state index contributed by atoms with van der Waals surface area (Å²) >= 11 is 1.43. The number of rotatable bonds is 2. The standard InChI is InChI=1S/C9H17N3O3S/c1-2-11-9-12-5-7(14)6(13)4(3-10)15-8(5)16-9/h4-8,13-14H,2-3,10H2,1H3,(H,11,12)/t4-,5-,6-,7-,8-/m1/s1. The summed E-state index contributed by atoms with van der Waals surface area (Å²) in [6, 6.07) is -0.406. The maximum absolute atomic E-state index is 9.90. The zero-order chi connectivity index (χ0) is 11.7. The minimum absolute atomic E-state index is 0.193. The first kappa shape index (κ1) is 12.1. The predicted molar refractivity (Wildman–Crippen MR) is 62.2 cm³/mol. The van der Waals surface area contributed by atoms with Crippen LogP contribution < -0.4 is 11.1 Å². The number of nitrogens with one attached hydrogen (secondary N) is 1. The Bertz CT molecular complexity index is 289. The van der Waals surface area contributed by atoms with E-state index < -0.39 is 24.4 Å². The number of aliphatic imine (C=N–C) groups is 1. The molecule has 0 unspecified atom stereocenters. The van der Waals surface area contributed by atoms with E-state index in [4.69, 9.17) is 10.5 Å². The molecule has 1 saturated heterocycles. The highest BCUT2D eigenvalue weighted by molar-refractivity contribution is 8.14. The summed E-state index contributed by atoms with van der Waals surface area (Å²) in [5, 5.41) is 23.5. The summed E-state index contributed by atoms with van der Waals surface area (Å²) in [7, 11) is 0. The lowest BCUT2D eigenvalue weighted by molar-refractivity contribution is -0.148. The van der Waals surface area contributed by atoms with Gasteiger partial charge in [0, 0.05) is 13.1 Å². The molecule has 5 N–H and O–H groups in total. The molecule has 0 amide bonds. The van der Waals surface area contributed by atoms with Gasteiger partial charge in [-0.15, -0.1) is 0 Å². The molecule has 0 spiro atoms. The number of nitrogens with zero attached hydrogens (tertiary/aromatic N) is 1. The number of aliphatic hydroxyl groups is 2. The third-order valence-electron chi connectivity index (χ3n) is 2.72. The number of nitrogens with two attached hydrogens (primary N) is 1. The SMILES string of the molecule is CCNC1=N[C@@H]2[C@@H](O)[C@H](O)[C@@H](CN)O[C@@H]2S1. The van der Waals surface area contributed by atoms with E-state index in [2.05, 4.69) is 10.3 Å². The Morgan fingerprint density at radius 2 is 2.25 bits per heavy atom. The molecule has 2 aliphatic heterocycles. The highest BCUT2D eigenvalue weighted by Crippen LogP contribution is 2.35. The van der Waals surface area contributed by atoms with E-state index >= 15 is 0 Å². The van der Waals surface area contributed by atoms with Crippen LogP contribution in [0.2, 0.25) is 0 Å². The molecular formula is C9H17N3O3S. The van der Waals surface area contributed by atoms with Crippen LogP contribution in [-0.4, -0.2) is 58.3 Å². The fourth-order valence-corrected chi connectivity index (χ4v) is 3.05. The Labute approximate surface area is 98.3 Å². The first-order chi connectivity index (χ1) is 7.67. The number of thioether (sulfide) groups is 1. The Morgan fingerprint density at radius 3 is 2.88 bits per heavy atom. The van der Waals surface area contributed by atoms with Crippen molar-refractivity contribution in [3.8, 4) is 0 Å². The Hall–Kier alpha value is -0.340. The molecule has 92 valence electrons. The number of amidine groups is 1. The van der Waals surface area contributed by atoms with E-state index in [0.717, 1.165) is 11.7 Å². The lowest BCUT2D eigenvalue weighted by atomic mass is 9.98. The molecule has 0 aliphatic carbocycles. The van der Waals surface area contributed by atoms with Gasteiger partial charge in [0.05, 0.1) is 6.10 Å². The lowest BCUT2D eigenvalue weighted by Crippen LogP contribution is -2.56. The smallest absolute Gasteiger partial charge is 0.159 e. The van der Waals surface area contributed by atoms with Gasteiger partial charge in [0.1, 0.15) is 23.7 Å². The molecule has 1 fully saturated rings. The van der Waals surface area contributed by atoms with Gasteiger partial charge >= 0.3 is 0 Å². The Kier molecular flexibility index (Phi) is 3.70. The van der Waals surface area contributed by atoms with Crippen molar-refractivity contribution >= 4 is 16.9 Å². The van der Waals surface area contributed by atoms with Gasteiger partial charge < -0.3 is 26.0 Å². The maximum atomic E-state index is 9.90. The molecular weight excluding hydrogens is 230 g/mol. The van der Waals surface area contributed by atoms with Crippen molar-refractivity contribution < 1.29 is 14.9 Å². The second-order valence-corrected chi connectivity index (χ2v) is 4.92. The normalized spacial score (nSPS) is 42.8. The van der Waals surface area contributed by atoms with Gasteiger partial charge in [-0.05, 0) is 6.92 Å². The zero-order valence-corrected chi connectivity index (χ0v) is 9.85. The predicted octanol–water partition coefficient (Wildman–Crippen LogP) is -1.53. The summed E-state index contributed by atoms with van der Waals surface area (Å²) in [5.41, 5.74) is 5.22. The van der Waals surface area contributed by atoms with E-state index in [-0.39, 0.29) is 12.0 Å². The number of aliphatic hydroxyl groups excluding tert-OH is 2. The third kappa shape index (κ3) is 2.05. The van der Waals surface area contributed by atoms with Gasteiger partial charge in [-0.25, -0.2) is 0 Å². The zero-order valence-electron chi connectivity index (χ0n) is 9.04. The summed E-state index contributed by atoms with van der Waals surface area (Å²) in [4.78, 5) is 4.29. The van der Waals surface area contributed by atoms with E-state index in [1.54, 1.807) is 0 Å². The molecule has 0 aromatic carbocycles.